The molecule has 144 valence electrons. The summed E-state index contributed by atoms with van der Waals surface area (Å²) >= 11 is 0. The second-order valence-corrected chi connectivity index (χ2v) is 9.11. The van der Waals surface area contributed by atoms with E-state index in [9.17, 15) is 9.59 Å². The summed E-state index contributed by atoms with van der Waals surface area (Å²) in [5.74, 6) is -0.440. The van der Waals surface area contributed by atoms with Gasteiger partial charge in [-0.1, -0.05) is 59.7 Å². The van der Waals surface area contributed by atoms with Crippen LogP contribution in [0.5, 0.6) is 0 Å². The van der Waals surface area contributed by atoms with Gasteiger partial charge in [-0.05, 0) is 52.6 Å². The Bertz CT molecular complexity index is 860. The van der Waals surface area contributed by atoms with Gasteiger partial charge < -0.3 is 4.74 Å². The topological polar surface area (TPSA) is 43.4 Å². The van der Waals surface area contributed by atoms with E-state index in [1.807, 2.05) is 13.0 Å². The van der Waals surface area contributed by atoms with Gasteiger partial charge in [-0.25, -0.2) is 4.79 Å². The van der Waals surface area contributed by atoms with E-state index in [-0.39, 0.29) is 16.6 Å². The Morgan fingerprint density at radius 1 is 0.778 bits per heavy atom. The summed E-state index contributed by atoms with van der Waals surface area (Å²) in [6, 6.07) is 10.8. The number of hydrogen-bond donors (Lipinski definition) is 0. The van der Waals surface area contributed by atoms with Gasteiger partial charge in [0.15, 0.2) is 5.78 Å². The molecule has 27 heavy (non-hydrogen) atoms. The van der Waals surface area contributed by atoms with Crippen LogP contribution in [0, 0.1) is 6.92 Å². The molecule has 0 aliphatic rings. The van der Waals surface area contributed by atoms with Crippen LogP contribution in [0.1, 0.15) is 84.5 Å². The van der Waals surface area contributed by atoms with Crippen molar-refractivity contribution in [2.24, 2.45) is 0 Å². The number of aryl methyl sites for hydroxylation is 1. The fraction of sp³-hybridized carbons (Fsp3) is 0.417. The standard InChI is InChI=1S/C24H30O3/c1-15-13-19(23(2,3)4)20(24(5,6)7)14-18(15)21(25)16-9-11-17(12-10-16)22(26)27-8/h9-14H,1-8H3. The zero-order valence-electron chi connectivity index (χ0n) is 17.7. The van der Waals surface area contributed by atoms with Crippen molar-refractivity contribution in [3.8, 4) is 0 Å². The van der Waals surface area contributed by atoms with Crippen molar-refractivity contribution in [1.29, 1.82) is 0 Å². The maximum atomic E-state index is 13.1. The molecular formula is C24H30O3. The molecular weight excluding hydrogens is 336 g/mol. The first kappa shape index (κ1) is 20.9. The molecule has 3 nitrogen and oxygen atoms in total. The molecule has 0 atom stereocenters. The highest BCUT2D eigenvalue weighted by Crippen LogP contribution is 2.36. The summed E-state index contributed by atoms with van der Waals surface area (Å²) in [6.45, 7) is 15.1. The van der Waals surface area contributed by atoms with Gasteiger partial charge in [0.25, 0.3) is 0 Å². The lowest BCUT2D eigenvalue weighted by molar-refractivity contribution is 0.0600. The minimum Gasteiger partial charge on any atom is -0.465 e. The second kappa shape index (κ2) is 7.30. The van der Waals surface area contributed by atoms with Crippen LogP contribution in [0.3, 0.4) is 0 Å². The molecule has 0 N–H and O–H groups in total. The highest BCUT2D eigenvalue weighted by atomic mass is 16.5. The summed E-state index contributed by atoms with van der Waals surface area (Å²) in [5.41, 5.74) is 5.06. The van der Waals surface area contributed by atoms with Crippen molar-refractivity contribution in [2.75, 3.05) is 7.11 Å². The number of benzene rings is 2. The molecule has 0 aliphatic heterocycles. The van der Waals surface area contributed by atoms with E-state index in [0.717, 1.165) is 5.56 Å². The lowest BCUT2D eigenvalue weighted by atomic mass is 9.73. The molecule has 2 aromatic rings. The van der Waals surface area contributed by atoms with E-state index in [1.54, 1.807) is 24.3 Å². The van der Waals surface area contributed by atoms with Crippen LogP contribution in [0.2, 0.25) is 0 Å². The van der Waals surface area contributed by atoms with Crippen molar-refractivity contribution in [2.45, 2.75) is 59.3 Å². The van der Waals surface area contributed by atoms with Crippen LogP contribution in [0.25, 0.3) is 0 Å². The molecule has 0 saturated heterocycles. The first-order valence-electron chi connectivity index (χ1n) is 9.25. The Kier molecular flexibility index (Phi) is 5.65. The number of carbonyl (C=O) groups excluding carboxylic acids is 2. The van der Waals surface area contributed by atoms with E-state index in [2.05, 4.69) is 47.6 Å². The lowest BCUT2D eigenvalue weighted by Gasteiger charge is -2.31. The summed E-state index contributed by atoms with van der Waals surface area (Å²) in [4.78, 5) is 24.7. The van der Waals surface area contributed by atoms with Crippen LogP contribution in [-0.4, -0.2) is 18.9 Å². The largest absolute Gasteiger partial charge is 0.465 e. The van der Waals surface area contributed by atoms with Gasteiger partial charge in [0.05, 0.1) is 12.7 Å². The lowest BCUT2D eigenvalue weighted by Crippen LogP contribution is -2.23. The molecule has 2 rings (SSSR count). The van der Waals surface area contributed by atoms with Crippen molar-refractivity contribution in [3.05, 3.63) is 69.8 Å². The number of hydrogen-bond acceptors (Lipinski definition) is 3. The third kappa shape index (κ3) is 4.47. The Balaban J connectivity index is 2.55. The molecule has 0 fully saturated rings. The molecule has 0 heterocycles. The highest BCUT2D eigenvalue weighted by Gasteiger charge is 2.27. The fourth-order valence-corrected chi connectivity index (χ4v) is 3.22. The third-order valence-corrected chi connectivity index (χ3v) is 4.79. The third-order valence-electron chi connectivity index (χ3n) is 4.79. The van der Waals surface area contributed by atoms with E-state index < -0.39 is 5.97 Å². The molecule has 0 aromatic heterocycles. The van der Waals surface area contributed by atoms with Crippen LogP contribution in [-0.2, 0) is 15.6 Å². The molecule has 0 bridgehead atoms. The number of ketones is 1. The highest BCUT2D eigenvalue weighted by molar-refractivity contribution is 6.10. The zero-order valence-corrected chi connectivity index (χ0v) is 17.7. The average Bonchev–Trinajstić information content (AvgIpc) is 2.58. The van der Waals surface area contributed by atoms with Crippen LogP contribution >= 0.6 is 0 Å². The monoisotopic (exact) mass is 366 g/mol. The van der Waals surface area contributed by atoms with Gasteiger partial charge in [0.2, 0.25) is 0 Å². The Morgan fingerprint density at radius 3 is 1.67 bits per heavy atom. The summed E-state index contributed by atoms with van der Waals surface area (Å²) in [5, 5.41) is 0. The summed E-state index contributed by atoms with van der Waals surface area (Å²) < 4.78 is 4.71. The van der Waals surface area contributed by atoms with Gasteiger partial charge in [0, 0.05) is 11.1 Å². The van der Waals surface area contributed by atoms with Gasteiger partial charge in [-0.15, -0.1) is 0 Å². The summed E-state index contributed by atoms with van der Waals surface area (Å²) in [6.07, 6.45) is 0. The van der Waals surface area contributed by atoms with Crippen molar-refractivity contribution >= 4 is 11.8 Å². The van der Waals surface area contributed by atoms with Crippen LogP contribution in [0.15, 0.2) is 36.4 Å². The minimum absolute atomic E-state index is 0.00286. The molecule has 3 heteroatoms. The van der Waals surface area contributed by atoms with E-state index in [0.29, 0.717) is 16.7 Å². The maximum absolute atomic E-state index is 13.1. The Hall–Kier alpha value is -2.42. The van der Waals surface area contributed by atoms with E-state index >= 15 is 0 Å². The molecule has 0 amide bonds. The number of carbonyl (C=O) groups is 2. The van der Waals surface area contributed by atoms with Gasteiger partial charge in [-0.3, -0.25) is 4.79 Å². The second-order valence-electron chi connectivity index (χ2n) is 9.11. The molecule has 0 aliphatic carbocycles. The molecule has 0 unspecified atom stereocenters. The normalized spacial score (nSPS) is 12.0. The number of rotatable bonds is 3. The SMILES string of the molecule is COC(=O)c1ccc(C(=O)c2cc(C(C)(C)C)c(C(C)(C)C)cc2C)cc1. The van der Waals surface area contributed by atoms with Gasteiger partial charge in [0.1, 0.15) is 0 Å². The minimum atomic E-state index is -0.408. The predicted molar refractivity (Wildman–Crippen MR) is 110 cm³/mol. The quantitative estimate of drug-likeness (QED) is 0.524. The Labute approximate surface area is 162 Å². The molecule has 0 saturated carbocycles. The van der Waals surface area contributed by atoms with Crippen molar-refractivity contribution in [1.82, 2.24) is 0 Å². The first-order valence-corrected chi connectivity index (χ1v) is 9.25. The zero-order chi connectivity index (χ0) is 20.6. The number of ether oxygens (including phenoxy) is 1. The van der Waals surface area contributed by atoms with Gasteiger partial charge >= 0.3 is 5.97 Å². The van der Waals surface area contributed by atoms with Crippen molar-refractivity contribution < 1.29 is 14.3 Å². The smallest absolute Gasteiger partial charge is 0.337 e. The predicted octanol–water partition coefficient (Wildman–Crippen LogP) is 5.61. The molecule has 0 spiro atoms. The summed E-state index contributed by atoms with van der Waals surface area (Å²) in [7, 11) is 1.34. The van der Waals surface area contributed by atoms with Crippen LogP contribution < -0.4 is 0 Å². The molecule has 0 radical (unpaired) electrons. The van der Waals surface area contributed by atoms with Crippen molar-refractivity contribution in [3.63, 3.8) is 0 Å². The average molecular weight is 367 g/mol. The van der Waals surface area contributed by atoms with E-state index in [1.165, 1.54) is 18.2 Å². The Morgan fingerprint density at radius 2 is 1.22 bits per heavy atom. The van der Waals surface area contributed by atoms with E-state index in [4.69, 9.17) is 4.74 Å². The number of esters is 1. The van der Waals surface area contributed by atoms with Crippen LogP contribution in [0.4, 0.5) is 0 Å². The first-order chi connectivity index (χ1) is 12.4. The molecule has 2 aromatic carbocycles. The maximum Gasteiger partial charge on any atom is 0.337 e. The number of methoxy groups -OCH3 is 1. The van der Waals surface area contributed by atoms with Gasteiger partial charge in [-0.2, -0.15) is 0 Å². The fourth-order valence-electron chi connectivity index (χ4n) is 3.22.